The highest BCUT2D eigenvalue weighted by Gasteiger charge is 2.24. The lowest BCUT2D eigenvalue weighted by Crippen LogP contribution is -2.43. The van der Waals surface area contributed by atoms with Crippen LogP contribution in [-0.2, 0) is 26.1 Å². The third-order valence-electron chi connectivity index (χ3n) is 5.08. The van der Waals surface area contributed by atoms with E-state index >= 15 is 0 Å². The fraction of sp³-hybridized carbons (Fsp3) is 0.300. The molecule has 1 aliphatic rings. The van der Waals surface area contributed by atoms with Crippen molar-refractivity contribution in [3.8, 4) is 0 Å². The number of nitrogens with zero attached hydrogens (tertiary/aromatic N) is 3. The monoisotopic (exact) mass is 431 g/mol. The van der Waals surface area contributed by atoms with Crippen molar-refractivity contribution in [1.82, 2.24) is 9.47 Å². The summed E-state index contributed by atoms with van der Waals surface area (Å²) in [5.41, 5.74) is 0.980. The molecule has 0 saturated carbocycles. The summed E-state index contributed by atoms with van der Waals surface area (Å²) >= 11 is 0. The minimum absolute atomic E-state index is 0.0123. The Kier molecular flexibility index (Phi) is 5.35. The lowest BCUT2D eigenvalue weighted by atomic mass is 10.3. The molecule has 0 atom stereocenters. The van der Waals surface area contributed by atoms with E-state index in [9.17, 15) is 18.0 Å². The van der Waals surface area contributed by atoms with Gasteiger partial charge in [0.05, 0.1) is 29.3 Å². The van der Waals surface area contributed by atoms with E-state index in [1.54, 1.807) is 35.2 Å². The highest BCUT2D eigenvalue weighted by atomic mass is 32.2. The van der Waals surface area contributed by atoms with Crippen molar-refractivity contribution in [1.29, 1.82) is 0 Å². The Balaban J connectivity index is 1.64. The van der Waals surface area contributed by atoms with Crippen molar-refractivity contribution in [2.75, 3.05) is 37.7 Å². The maximum Gasteiger partial charge on any atom is 0.420 e. The van der Waals surface area contributed by atoms with Gasteiger partial charge in [-0.15, -0.1) is 0 Å². The second kappa shape index (κ2) is 7.96. The second-order valence-electron chi connectivity index (χ2n) is 6.88. The molecule has 2 heterocycles. The number of hydrogen-bond donors (Lipinski definition) is 0. The average molecular weight is 431 g/mol. The molecule has 0 bridgehead atoms. The molecule has 1 aromatic heterocycles. The molecular weight excluding hydrogens is 410 g/mol. The average Bonchev–Trinajstić information content (AvgIpc) is 3.08. The summed E-state index contributed by atoms with van der Waals surface area (Å²) in [4.78, 5) is 26.4. The van der Waals surface area contributed by atoms with Crippen LogP contribution >= 0.6 is 0 Å². The van der Waals surface area contributed by atoms with E-state index in [1.165, 1.54) is 29.8 Å². The van der Waals surface area contributed by atoms with Crippen molar-refractivity contribution < 1.29 is 22.4 Å². The predicted molar refractivity (Wildman–Crippen MR) is 110 cm³/mol. The van der Waals surface area contributed by atoms with Crippen LogP contribution in [0.15, 0.2) is 62.6 Å². The number of fused-ring (bicyclic) bond motifs is 1. The van der Waals surface area contributed by atoms with Crippen LogP contribution in [0.3, 0.4) is 0 Å². The minimum atomic E-state index is -3.85. The molecule has 0 radical (unpaired) electrons. The fourth-order valence-electron chi connectivity index (χ4n) is 3.34. The second-order valence-corrected chi connectivity index (χ2v) is 8.85. The Morgan fingerprint density at radius 2 is 1.80 bits per heavy atom. The molecule has 158 valence electrons. The summed E-state index contributed by atoms with van der Waals surface area (Å²) in [6.07, 6.45) is 0. The molecule has 9 nitrogen and oxygen atoms in total. The summed E-state index contributed by atoms with van der Waals surface area (Å²) in [6, 6.07) is 12.9. The summed E-state index contributed by atoms with van der Waals surface area (Å²) < 4.78 is 38.8. The Morgan fingerprint density at radius 1 is 1.10 bits per heavy atom. The summed E-state index contributed by atoms with van der Waals surface area (Å²) in [5.74, 6) is -0.929. The lowest BCUT2D eigenvalue weighted by Gasteiger charge is -2.26. The van der Waals surface area contributed by atoms with Gasteiger partial charge in [-0.05, 0) is 24.3 Å². The van der Waals surface area contributed by atoms with Gasteiger partial charge < -0.3 is 14.1 Å². The van der Waals surface area contributed by atoms with Crippen LogP contribution in [0.25, 0.3) is 11.1 Å². The van der Waals surface area contributed by atoms with Crippen molar-refractivity contribution >= 4 is 32.7 Å². The van der Waals surface area contributed by atoms with E-state index in [-0.39, 0.29) is 22.9 Å². The van der Waals surface area contributed by atoms with Crippen molar-refractivity contribution in [3.63, 3.8) is 0 Å². The first-order valence-corrected chi connectivity index (χ1v) is 10.8. The van der Waals surface area contributed by atoms with E-state index in [1.807, 2.05) is 0 Å². The molecule has 3 aromatic rings. The largest absolute Gasteiger partial charge is 0.420 e. The number of aromatic nitrogens is 1. The maximum atomic E-state index is 13.0. The van der Waals surface area contributed by atoms with Gasteiger partial charge >= 0.3 is 5.76 Å². The van der Waals surface area contributed by atoms with Crippen molar-refractivity contribution in [2.45, 2.75) is 11.4 Å². The van der Waals surface area contributed by atoms with Gasteiger partial charge in [0.15, 0.2) is 5.58 Å². The number of anilines is 1. The van der Waals surface area contributed by atoms with Gasteiger partial charge in [0, 0.05) is 26.2 Å². The summed E-state index contributed by atoms with van der Waals surface area (Å²) in [5, 5.41) is 0. The molecular formula is C20H21N3O6S. The Bertz CT molecular complexity index is 1230. The number of amides is 1. The molecule has 1 fully saturated rings. The third kappa shape index (κ3) is 3.71. The summed E-state index contributed by atoms with van der Waals surface area (Å²) in [7, 11) is -2.40. The van der Waals surface area contributed by atoms with E-state index in [2.05, 4.69) is 0 Å². The van der Waals surface area contributed by atoms with Crippen LogP contribution in [-0.4, -0.2) is 57.1 Å². The zero-order valence-electron chi connectivity index (χ0n) is 16.4. The Labute approximate surface area is 173 Å². The van der Waals surface area contributed by atoms with E-state index in [0.29, 0.717) is 37.5 Å². The number of morpholine rings is 1. The zero-order chi connectivity index (χ0) is 21.3. The lowest BCUT2D eigenvalue weighted by molar-refractivity contribution is -0.135. The normalized spacial score (nSPS) is 14.8. The number of hydrogen-bond acceptors (Lipinski definition) is 6. The number of rotatable bonds is 5. The molecule has 0 N–H and O–H groups in total. The molecule has 4 rings (SSSR count). The molecule has 10 heteroatoms. The standard InChI is InChI=1S/C20H21N3O6S/c1-21(15-5-3-2-4-6-15)30(26,27)16-7-8-17-18(13-16)29-20(25)23(17)14-19(24)22-9-11-28-12-10-22/h2-8,13H,9-12,14H2,1H3. The van der Waals surface area contributed by atoms with E-state index in [0.717, 1.165) is 4.31 Å². The highest BCUT2D eigenvalue weighted by molar-refractivity contribution is 7.92. The molecule has 1 aliphatic heterocycles. The van der Waals surface area contributed by atoms with Crippen LogP contribution < -0.4 is 10.1 Å². The number of sulfonamides is 1. The van der Waals surface area contributed by atoms with Crippen molar-refractivity contribution in [3.05, 3.63) is 59.1 Å². The van der Waals surface area contributed by atoms with E-state index in [4.69, 9.17) is 9.15 Å². The van der Waals surface area contributed by atoms with Gasteiger partial charge in [-0.1, -0.05) is 18.2 Å². The minimum Gasteiger partial charge on any atom is -0.408 e. The molecule has 30 heavy (non-hydrogen) atoms. The number of carbonyl (C=O) groups is 1. The third-order valence-corrected chi connectivity index (χ3v) is 6.86. The highest BCUT2D eigenvalue weighted by Crippen LogP contribution is 2.24. The van der Waals surface area contributed by atoms with Crippen LogP contribution in [0.5, 0.6) is 0 Å². The number of benzene rings is 2. The maximum absolute atomic E-state index is 13.0. The Morgan fingerprint density at radius 3 is 2.50 bits per heavy atom. The molecule has 0 spiro atoms. The zero-order valence-corrected chi connectivity index (χ0v) is 17.2. The Hall–Kier alpha value is -3.11. The summed E-state index contributed by atoms with van der Waals surface area (Å²) in [6.45, 7) is 1.68. The molecule has 1 saturated heterocycles. The molecule has 0 aliphatic carbocycles. The van der Waals surface area contributed by atoms with Gasteiger partial charge in [0.25, 0.3) is 10.0 Å². The SMILES string of the molecule is CN(c1ccccc1)S(=O)(=O)c1ccc2c(c1)oc(=O)n2CC(=O)N1CCOCC1. The van der Waals surface area contributed by atoms with Crippen LogP contribution in [0, 0.1) is 0 Å². The van der Waals surface area contributed by atoms with Crippen LogP contribution in [0.2, 0.25) is 0 Å². The molecule has 1 amide bonds. The van der Waals surface area contributed by atoms with E-state index < -0.39 is 15.8 Å². The van der Waals surface area contributed by atoms with Gasteiger partial charge in [0.2, 0.25) is 5.91 Å². The topological polar surface area (TPSA) is 102 Å². The predicted octanol–water partition coefficient (Wildman–Crippen LogP) is 1.28. The quantitative estimate of drug-likeness (QED) is 0.603. The van der Waals surface area contributed by atoms with Crippen LogP contribution in [0.4, 0.5) is 5.69 Å². The first-order valence-electron chi connectivity index (χ1n) is 9.41. The molecule has 0 unspecified atom stereocenters. The number of carbonyl (C=O) groups excluding carboxylic acids is 1. The van der Waals surface area contributed by atoms with Gasteiger partial charge in [-0.3, -0.25) is 13.7 Å². The number of oxazole rings is 1. The van der Waals surface area contributed by atoms with Crippen molar-refractivity contribution in [2.24, 2.45) is 0 Å². The number of ether oxygens (including phenoxy) is 1. The van der Waals surface area contributed by atoms with Gasteiger partial charge in [0.1, 0.15) is 6.54 Å². The van der Waals surface area contributed by atoms with Gasteiger partial charge in [-0.25, -0.2) is 13.2 Å². The fourth-order valence-corrected chi connectivity index (χ4v) is 4.55. The number of para-hydroxylation sites is 1. The molecule has 2 aromatic carbocycles. The van der Waals surface area contributed by atoms with Gasteiger partial charge in [-0.2, -0.15) is 0 Å². The smallest absolute Gasteiger partial charge is 0.408 e. The van der Waals surface area contributed by atoms with Crippen LogP contribution in [0.1, 0.15) is 0 Å². The first kappa shape index (κ1) is 20.2. The first-order chi connectivity index (χ1) is 14.4.